The first-order valence-electron chi connectivity index (χ1n) is 8.96. The highest BCUT2D eigenvalue weighted by Crippen LogP contribution is 2.31. The van der Waals surface area contributed by atoms with Crippen molar-refractivity contribution in [3.05, 3.63) is 64.5 Å². The van der Waals surface area contributed by atoms with Crippen molar-refractivity contribution in [2.45, 2.75) is 12.6 Å². The van der Waals surface area contributed by atoms with Gasteiger partial charge in [0.15, 0.2) is 0 Å². The monoisotopic (exact) mass is 428 g/mol. The van der Waals surface area contributed by atoms with Crippen LogP contribution in [0.4, 0.5) is 0 Å². The van der Waals surface area contributed by atoms with Crippen molar-refractivity contribution in [3.63, 3.8) is 0 Å². The molecule has 2 aromatic heterocycles. The van der Waals surface area contributed by atoms with Crippen molar-refractivity contribution in [3.8, 4) is 0 Å². The van der Waals surface area contributed by atoms with E-state index in [0.717, 1.165) is 53.7 Å². The van der Waals surface area contributed by atoms with Gasteiger partial charge in [-0.2, -0.15) is 0 Å². The van der Waals surface area contributed by atoms with Crippen LogP contribution in [-0.2, 0) is 11.3 Å². The lowest BCUT2D eigenvalue weighted by Crippen LogP contribution is -2.48. The Morgan fingerprint density at radius 2 is 1.93 bits per heavy atom. The van der Waals surface area contributed by atoms with Gasteiger partial charge in [-0.1, -0.05) is 15.9 Å². The van der Waals surface area contributed by atoms with E-state index in [9.17, 15) is 9.90 Å². The molecule has 4 rings (SSSR count). The summed E-state index contributed by atoms with van der Waals surface area (Å²) in [6.45, 7) is 4.01. The zero-order valence-electron chi connectivity index (χ0n) is 14.8. The fourth-order valence-corrected chi connectivity index (χ4v) is 4.11. The Kier molecular flexibility index (Phi) is 5.24. The summed E-state index contributed by atoms with van der Waals surface area (Å²) in [5, 5.41) is 10.9. The number of pyridine rings is 1. The highest BCUT2D eigenvalue weighted by Gasteiger charge is 2.32. The molecule has 140 valence electrons. The number of hydrogen-bond donors (Lipinski definition) is 2. The third-order valence-corrected chi connectivity index (χ3v) is 5.63. The highest BCUT2D eigenvalue weighted by molar-refractivity contribution is 9.10. The second kappa shape index (κ2) is 7.80. The van der Waals surface area contributed by atoms with Gasteiger partial charge in [-0.25, -0.2) is 0 Å². The van der Waals surface area contributed by atoms with Gasteiger partial charge in [0.25, 0.3) is 0 Å². The molecule has 1 atom stereocenters. The van der Waals surface area contributed by atoms with Crippen LogP contribution in [0.15, 0.2) is 53.4 Å². The molecule has 0 aliphatic carbocycles. The number of hydrogen-bond acceptors (Lipinski definition) is 4. The molecule has 3 heterocycles. The lowest BCUT2D eigenvalue weighted by atomic mass is 10.0. The minimum atomic E-state index is -0.807. The zero-order valence-corrected chi connectivity index (χ0v) is 16.4. The number of aromatic nitrogens is 2. The number of nitrogens with zero attached hydrogens (tertiary/aromatic N) is 3. The molecule has 27 heavy (non-hydrogen) atoms. The van der Waals surface area contributed by atoms with Gasteiger partial charge in [0.1, 0.15) is 6.04 Å². The number of aromatic amines is 1. The van der Waals surface area contributed by atoms with Crippen LogP contribution in [0.25, 0.3) is 10.9 Å². The number of nitrogens with one attached hydrogen (secondary N) is 1. The molecule has 7 heteroatoms. The number of rotatable bonds is 5. The average Bonchev–Trinajstić information content (AvgIpc) is 3.07. The number of carboxylic acid groups (broad SMARTS) is 1. The minimum absolute atomic E-state index is 0.642. The van der Waals surface area contributed by atoms with Gasteiger partial charge >= 0.3 is 5.97 Å². The molecule has 1 aliphatic heterocycles. The lowest BCUT2D eigenvalue weighted by Gasteiger charge is -2.37. The minimum Gasteiger partial charge on any atom is -0.480 e. The summed E-state index contributed by atoms with van der Waals surface area (Å²) >= 11 is 3.49. The average molecular weight is 429 g/mol. The van der Waals surface area contributed by atoms with Gasteiger partial charge in [-0.3, -0.25) is 19.6 Å². The van der Waals surface area contributed by atoms with Gasteiger partial charge in [0.05, 0.1) is 0 Å². The summed E-state index contributed by atoms with van der Waals surface area (Å²) in [4.78, 5) is 23.8. The van der Waals surface area contributed by atoms with Crippen molar-refractivity contribution in [2.75, 3.05) is 26.2 Å². The normalized spacial score (nSPS) is 17.2. The highest BCUT2D eigenvalue weighted by atomic mass is 79.9. The Bertz CT molecular complexity index is 936. The van der Waals surface area contributed by atoms with Gasteiger partial charge in [-0.05, 0) is 35.9 Å². The largest absolute Gasteiger partial charge is 0.480 e. The zero-order chi connectivity index (χ0) is 18.8. The summed E-state index contributed by atoms with van der Waals surface area (Å²) in [6, 6.07) is 9.31. The van der Waals surface area contributed by atoms with E-state index in [1.165, 1.54) is 5.56 Å². The Morgan fingerprint density at radius 1 is 1.19 bits per heavy atom. The van der Waals surface area contributed by atoms with E-state index in [1.54, 1.807) is 12.4 Å². The van der Waals surface area contributed by atoms with Crippen LogP contribution in [0.2, 0.25) is 0 Å². The number of fused-ring (bicyclic) bond motifs is 1. The summed E-state index contributed by atoms with van der Waals surface area (Å²) in [5.74, 6) is -0.807. The number of carbonyl (C=O) groups is 1. The Hall–Kier alpha value is -2.22. The SMILES string of the molecule is O=C(O)[C@H](c1c[nH]c2ccc(Br)cc12)N1CCN(Cc2ccncc2)CC1. The molecule has 2 N–H and O–H groups in total. The molecule has 0 radical (unpaired) electrons. The van der Waals surface area contributed by atoms with Crippen LogP contribution in [0.5, 0.6) is 0 Å². The van der Waals surface area contributed by atoms with Crippen LogP contribution < -0.4 is 0 Å². The number of H-pyrrole nitrogens is 1. The molecule has 0 spiro atoms. The second-order valence-electron chi connectivity index (χ2n) is 6.84. The summed E-state index contributed by atoms with van der Waals surface area (Å²) in [5.41, 5.74) is 3.01. The third-order valence-electron chi connectivity index (χ3n) is 5.13. The summed E-state index contributed by atoms with van der Waals surface area (Å²) in [7, 11) is 0. The van der Waals surface area contributed by atoms with E-state index >= 15 is 0 Å². The van der Waals surface area contributed by atoms with Crippen molar-refractivity contribution < 1.29 is 9.90 Å². The fourth-order valence-electron chi connectivity index (χ4n) is 3.75. The van der Waals surface area contributed by atoms with Crippen molar-refractivity contribution in [1.29, 1.82) is 0 Å². The molecule has 1 aliphatic rings. The van der Waals surface area contributed by atoms with Crippen LogP contribution in [0.3, 0.4) is 0 Å². The van der Waals surface area contributed by atoms with Crippen molar-refractivity contribution >= 4 is 32.8 Å². The van der Waals surface area contributed by atoms with Gasteiger partial charge in [0, 0.05) is 72.3 Å². The van der Waals surface area contributed by atoms with E-state index in [1.807, 2.05) is 36.5 Å². The third kappa shape index (κ3) is 3.90. The number of aliphatic carboxylic acids is 1. The number of piperazine rings is 1. The van der Waals surface area contributed by atoms with Crippen molar-refractivity contribution in [2.24, 2.45) is 0 Å². The maximum absolute atomic E-state index is 12.1. The molecular weight excluding hydrogens is 408 g/mol. The molecule has 6 nitrogen and oxygen atoms in total. The van der Waals surface area contributed by atoms with Crippen LogP contribution in [-0.4, -0.2) is 57.0 Å². The standard InChI is InChI=1S/C20H21BrN4O2/c21-15-1-2-18-16(11-15)17(12-23-18)19(20(26)27)25-9-7-24(8-10-25)13-14-3-5-22-6-4-14/h1-6,11-12,19,23H,7-10,13H2,(H,26,27)/t19-/m0/s1. The molecule has 0 bridgehead atoms. The number of halogens is 1. The van der Waals surface area contributed by atoms with Crippen LogP contribution in [0.1, 0.15) is 17.2 Å². The van der Waals surface area contributed by atoms with E-state index < -0.39 is 12.0 Å². The fraction of sp³-hybridized carbons (Fsp3) is 0.300. The number of benzene rings is 1. The number of carboxylic acids is 1. The predicted octanol–water partition coefficient (Wildman–Crippen LogP) is 3.27. The van der Waals surface area contributed by atoms with Gasteiger partial charge in [0.2, 0.25) is 0 Å². The molecule has 0 saturated carbocycles. The van der Waals surface area contributed by atoms with E-state index in [0.29, 0.717) is 0 Å². The summed E-state index contributed by atoms with van der Waals surface area (Å²) < 4.78 is 0.946. The Labute approximate surface area is 165 Å². The molecule has 3 aromatic rings. The van der Waals surface area contributed by atoms with Gasteiger partial charge < -0.3 is 10.1 Å². The van der Waals surface area contributed by atoms with Crippen LogP contribution in [0, 0.1) is 0 Å². The maximum atomic E-state index is 12.1. The first-order valence-corrected chi connectivity index (χ1v) is 9.76. The molecule has 0 amide bonds. The topological polar surface area (TPSA) is 72.5 Å². The van der Waals surface area contributed by atoms with Gasteiger partial charge in [-0.15, -0.1) is 0 Å². The molecule has 1 fully saturated rings. The maximum Gasteiger partial charge on any atom is 0.325 e. The smallest absolute Gasteiger partial charge is 0.325 e. The van der Waals surface area contributed by atoms with E-state index in [-0.39, 0.29) is 0 Å². The van der Waals surface area contributed by atoms with Crippen molar-refractivity contribution in [1.82, 2.24) is 19.8 Å². The van der Waals surface area contributed by atoms with E-state index in [2.05, 4.69) is 35.7 Å². The quantitative estimate of drug-likeness (QED) is 0.652. The first-order chi connectivity index (χ1) is 13.1. The van der Waals surface area contributed by atoms with Crippen LogP contribution >= 0.6 is 15.9 Å². The van der Waals surface area contributed by atoms with E-state index in [4.69, 9.17) is 0 Å². The molecular formula is C20H21BrN4O2. The second-order valence-corrected chi connectivity index (χ2v) is 7.76. The Balaban J connectivity index is 1.50. The lowest BCUT2D eigenvalue weighted by molar-refractivity contribution is -0.144. The first kappa shape index (κ1) is 18.2. The molecule has 1 saturated heterocycles. The molecule has 0 unspecified atom stereocenters. The summed E-state index contributed by atoms with van der Waals surface area (Å²) in [6.07, 6.45) is 5.45. The molecule has 1 aromatic carbocycles. The Morgan fingerprint density at radius 3 is 2.63 bits per heavy atom. The predicted molar refractivity (Wildman–Crippen MR) is 107 cm³/mol.